The first-order chi connectivity index (χ1) is 38.0. The number of phenols is 2. The number of piperidine rings is 2. The zero-order valence-electron chi connectivity index (χ0n) is 46.8. The van der Waals surface area contributed by atoms with Crippen LogP contribution < -0.4 is 31.1 Å². The lowest BCUT2D eigenvalue weighted by Gasteiger charge is -2.43. The average molecular weight is 1120 g/mol. The molecule has 11 rings (SSSR count). The number of para-hydroxylation sites is 2. The van der Waals surface area contributed by atoms with Crippen molar-refractivity contribution in [3.8, 4) is 11.5 Å². The van der Waals surface area contributed by atoms with Gasteiger partial charge in [0.15, 0.2) is 5.13 Å². The van der Waals surface area contributed by atoms with Crippen LogP contribution in [0, 0.1) is 29.4 Å². The molecule has 420 valence electrons. The number of phenolic OH excluding ortho intramolecular Hbond substituents is 2. The number of urea groups is 2. The molecule has 0 unspecified atom stereocenters. The molecule has 6 N–H and O–H groups in total. The van der Waals surface area contributed by atoms with Gasteiger partial charge in [0, 0.05) is 65.6 Å². The lowest BCUT2D eigenvalue weighted by atomic mass is 9.73. The number of aromatic hydroxyl groups is 2. The number of nitrogens with one attached hydrogen (secondary N) is 4. The molecule has 4 amide bonds. The molecule has 80 heavy (non-hydrogen) atoms. The van der Waals surface area contributed by atoms with E-state index >= 15 is 8.78 Å². The van der Waals surface area contributed by atoms with Gasteiger partial charge in [-0.05, 0) is 148 Å². The van der Waals surface area contributed by atoms with Gasteiger partial charge in [-0.15, -0.1) is 0 Å². The number of carbonyl (C=O) groups excluding carboxylic acids is 2. The summed E-state index contributed by atoms with van der Waals surface area (Å²) in [5.74, 6) is -0.0343. The van der Waals surface area contributed by atoms with Gasteiger partial charge >= 0.3 is 12.1 Å². The predicted molar refractivity (Wildman–Crippen MR) is 318 cm³/mol. The maximum Gasteiger partial charge on any atom is 0.325 e. The predicted octanol–water partition coefficient (Wildman–Crippen LogP) is 13.8. The molecular formula is C61H71F2N11O4S2. The highest BCUT2D eigenvalue weighted by Crippen LogP contribution is 2.57. The number of hydrogen-bond acceptors (Lipinski definition) is 13. The number of carbonyl (C=O) groups is 2. The van der Waals surface area contributed by atoms with E-state index in [2.05, 4.69) is 86.1 Å². The second-order valence-electron chi connectivity index (χ2n) is 24.9. The van der Waals surface area contributed by atoms with Gasteiger partial charge in [-0.3, -0.25) is 10.6 Å². The van der Waals surface area contributed by atoms with Crippen LogP contribution in [0.5, 0.6) is 11.5 Å². The lowest BCUT2D eigenvalue weighted by Crippen LogP contribution is -2.47. The molecule has 19 heteroatoms. The highest BCUT2D eigenvalue weighted by atomic mass is 32.1. The SMILES string of the molecule is Cc1ccc2nc(NC(=O)Nc3ccccc3N3CC4(CCN(CC(C)(C)Cc5ccc(N6CC7(CCN(CC(C)(C)C)CC7)c7c(F)ccc(O)c76)c(NC(=O)Nc6nc(C(C)C)ns6)c5)CC4)c4c(F)ccc(O)c43)sc2c1. The molecule has 15 nitrogen and oxygen atoms in total. The molecule has 7 aromatic rings. The van der Waals surface area contributed by atoms with Gasteiger partial charge in [0.25, 0.3) is 0 Å². The van der Waals surface area contributed by atoms with Crippen molar-refractivity contribution in [2.75, 3.05) is 83.4 Å². The van der Waals surface area contributed by atoms with E-state index in [1.165, 1.54) is 35.6 Å². The second-order valence-corrected chi connectivity index (χ2v) is 26.7. The molecule has 4 aliphatic rings. The van der Waals surface area contributed by atoms with Crippen molar-refractivity contribution in [3.63, 3.8) is 0 Å². The van der Waals surface area contributed by atoms with Crippen LogP contribution >= 0.6 is 22.9 Å². The van der Waals surface area contributed by atoms with Gasteiger partial charge in [-0.25, -0.2) is 28.3 Å². The van der Waals surface area contributed by atoms with Crippen molar-refractivity contribution < 1.29 is 28.6 Å². The standard InChI is InChI=1S/C61H71F2N11O4S2/c1-36(2)53-67-57(80-70-53)69-55(78)65-43-30-38(14-18-45(43)74-35-60(50-40(63)16-20-47(76)52(50)74)21-25-71(26-22-60)32-58(4,5)6)31-59(7,8)33-72-27-23-61(24-28-72)34-73(51-46(75)19-15-39(62)49(51)61)44-12-10-9-11-41(44)64-54(77)68-56-66-42-17-13-37(3)29-48(42)79-56/h9-20,29-30,36,75-76H,21-28,31-35H2,1-8H3,(H2,64,66,68,77)(H2,65,67,69,70,78). The smallest absolute Gasteiger partial charge is 0.325 e. The Labute approximate surface area is 474 Å². The second kappa shape index (κ2) is 21.2. The summed E-state index contributed by atoms with van der Waals surface area (Å²) in [7, 11) is 0. The highest BCUT2D eigenvalue weighted by molar-refractivity contribution is 7.22. The van der Waals surface area contributed by atoms with Gasteiger partial charge in [0.1, 0.15) is 29.0 Å². The first-order valence-electron chi connectivity index (χ1n) is 27.7. The fourth-order valence-electron chi connectivity index (χ4n) is 12.9. The van der Waals surface area contributed by atoms with E-state index in [4.69, 9.17) is 0 Å². The third-order valence-corrected chi connectivity index (χ3v) is 18.0. The molecule has 0 aliphatic carbocycles. The molecule has 0 bridgehead atoms. The monoisotopic (exact) mass is 1120 g/mol. The minimum Gasteiger partial charge on any atom is -0.506 e. The number of amides is 4. The molecule has 6 heterocycles. The first kappa shape index (κ1) is 55.0. The number of fused-ring (bicyclic) bond motifs is 5. The Bertz CT molecular complexity index is 3500. The van der Waals surface area contributed by atoms with Crippen LogP contribution in [-0.2, 0) is 17.3 Å². The summed E-state index contributed by atoms with van der Waals surface area (Å²) in [5, 5.41) is 35.9. The molecule has 2 saturated heterocycles. The summed E-state index contributed by atoms with van der Waals surface area (Å²) in [4.78, 5) is 45.5. The van der Waals surface area contributed by atoms with E-state index in [0.717, 1.165) is 71.9 Å². The summed E-state index contributed by atoms with van der Waals surface area (Å²) >= 11 is 2.51. The van der Waals surface area contributed by atoms with Crippen LogP contribution in [-0.4, -0.2) is 98.8 Å². The molecule has 2 fully saturated rings. The van der Waals surface area contributed by atoms with Crippen LogP contribution in [0.2, 0.25) is 0 Å². The molecule has 5 aromatic carbocycles. The molecule has 0 saturated carbocycles. The number of likely N-dealkylation sites (tertiary alicyclic amines) is 2. The van der Waals surface area contributed by atoms with E-state index in [1.807, 2.05) is 79.1 Å². The Balaban J connectivity index is 0.818. The van der Waals surface area contributed by atoms with E-state index in [9.17, 15) is 19.8 Å². The number of aromatic nitrogens is 3. The third kappa shape index (κ3) is 11.0. The molecule has 2 aromatic heterocycles. The molecule has 0 atom stereocenters. The number of anilines is 8. The Morgan fingerprint density at radius 1 is 0.675 bits per heavy atom. The summed E-state index contributed by atoms with van der Waals surface area (Å²) in [6, 6.07) is 23.9. The fraction of sp³-hybridized carbons (Fsp3) is 0.426. The number of aryl methyl sites for hydroxylation is 1. The van der Waals surface area contributed by atoms with E-state index < -0.39 is 22.9 Å². The molecule has 0 radical (unpaired) electrons. The van der Waals surface area contributed by atoms with Crippen molar-refractivity contribution in [2.45, 2.75) is 104 Å². The van der Waals surface area contributed by atoms with Gasteiger partial charge in [-0.2, -0.15) is 4.37 Å². The summed E-state index contributed by atoms with van der Waals surface area (Å²) < 4.78 is 38.1. The van der Waals surface area contributed by atoms with E-state index in [0.29, 0.717) is 107 Å². The fourth-order valence-corrected chi connectivity index (χ4v) is 14.6. The zero-order chi connectivity index (χ0) is 56.5. The third-order valence-electron chi connectivity index (χ3n) is 16.4. The van der Waals surface area contributed by atoms with E-state index in [-0.39, 0.29) is 39.9 Å². The van der Waals surface area contributed by atoms with Gasteiger partial charge in [0.05, 0.1) is 44.3 Å². The number of hydrogen-bond donors (Lipinski definition) is 6. The van der Waals surface area contributed by atoms with E-state index in [1.54, 1.807) is 6.07 Å². The van der Waals surface area contributed by atoms with Crippen molar-refractivity contribution >= 4 is 89.5 Å². The Kier molecular flexibility index (Phi) is 14.6. The Morgan fingerprint density at radius 2 is 1.24 bits per heavy atom. The number of halogens is 2. The van der Waals surface area contributed by atoms with Crippen LogP contribution in [0.25, 0.3) is 10.2 Å². The van der Waals surface area contributed by atoms with Crippen LogP contribution in [0.1, 0.15) is 108 Å². The van der Waals surface area contributed by atoms with Crippen molar-refractivity contribution in [3.05, 3.63) is 125 Å². The summed E-state index contributed by atoms with van der Waals surface area (Å²) in [6.07, 6.45) is 3.34. The zero-order valence-corrected chi connectivity index (χ0v) is 48.4. The highest BCUT2D eigenvalue weighted by Gasteiger charge is 2.51. The maximum absolute atomic E-state index is 16.4. The van der Waals surface area contributed by atoms with Gasteiger partial charge in [0.2, 0.25) is 5.13 Å². The minimum absolute atomic E-state index is 0.0129. The van der Waals surface area contributed by atoms with Crippen LogP contribution in [0.4, 0.5) is 62.8 Å². The number of rotatable bonds is 12. The van der Waals surface area contributed by atoms with Crippen LogP contribution in [0.3, 0.4) is 0 Å². The number of benzene rings is 5. The normalized spacial score (nSPS) is 17.1. The Hall–Kier alpha value is -6.93. The topological polar surface area (TPSA) is 174 Å². The largest absolute Gasteiger partial charge is 0.506 e. The maximum atomic E-state index is 16.4. The first-order valence-corrected chi connectivity index (χ1v) is 29.3. The number of thiazole rings is 1. The molecule has 4 aliphatic heterocycles. The van der Waals surface area contributed by atoms with Gasteiger partial charge < -0.3 is 40.4 Å². The molecule has 2 spiro atoms. The molecular weight excluding hydrogens is 1050 g/mol. The number of nitrogens with zero attached hydrogens (tertiary/aromatic N) is 7. The van der Waals surface area contributed by atoms with Gasteiger partial charge in [-0.1, -0.05) is 84.1 Å². The van der Waals surface area contributed by atoms with Crippen molar-refractivity contribution in [2.24, 2.45) is 10.8 Å². The lowest BCUT2D eigenvalue weighted by molar-refractivity contribution is 0.116. The minimum atomic E-state index is -0.622. The summed E-state index contributed by atoms with van der Waals surface area (Å²) in [5.41, 5.74) is 5.69. The average Bonchev–Trinajstić information content (AvgIpc) is 4.38. The summed E-state index contributed by atoms with van der Waals surface area (Å²) in [6.45, 7) is 22.6. The van der Waals surface area contributed by atoms with Crippen molar-refractivity contribution in [1.29, 1.82) is 0 Å². The van der Waals surface area contributed by atoms with Crippen LogP contribution in [0.15, 0.2) is 84.9 Å². The van der Waals surface area contributed by atoms with Crippen molar-refractivity contribution in [1.82, 2.24) is 24.1 Å². The Morgan fingerprint density at radius 3 is 1.82 bits per heavy atom. The quantitative estimate of drug-likeness (QED) is 0.0687.